The van der Waals surface area contributed by atoms with Crippen LogP contribution >= 0.6 is 0 Å². The minimum Gasteiger partial charge on any atom is -0.352 e. The Labute approximate surface area is 141 Å². The highest BCUT2D eigenvalue weighted by atomic mass is 16.2. The third-order valence-corrected chi connectivity index (χ3v) is 3.75. The number of imidazole rings is 1. The van der Waals surface area contributed by atoms with E-state index in [1.54, 1.807) is 46.5 Å². The van der Waals surface area contributed by atoms with Crippen LogP contribution in [0, 0.1) is 0 Å². The zero-order valence-corrected chi connectivity index (χ0v) is 14.1. The highest BCUT2D eigenvalue weighted by molar-refractivity contribution is 5.97. The summed E-state index contributed by atoms with van der Waals surface area (Å²) in [6, 6.07) is 3.44. The van der Waals surface area contributed by atoms with Gasteiger partial charge >= 0.3 is 0 Å². The van der Waals surface area contributed by atoms with Gasteiger partial charge in [0.1, 0.15) is 6.33 Å². The molecule has 0 aromatic carbocycles. The first-order valence-electron chi connectivity index (χ1n) is 8.16. The van der Waals surface area contributed by atoms with E-state index in [0.29, 0.717) is 43.9 Å². The van der Waals surface area contributed by atoms with Gasteiger partial charge < -0.3 is 10.2 Å². The fraction of sp³-hybridized carbons (Fsp3) is 0.412. The summed E-state index contributed by atoms with van der Waals surface area (Å²) < 4.78 is 1.69. The summed E-state index contributed by atoms with van der Waals surface area (Å²) in [6.45, 7) is 5.80. The van der Waals surface area contributed by atoms with Crippen molar-refractivity contribution in [3.63, 3.8) is 0 Å². The minimum absolute atomic E-state index is 0.120. The Morgan fingerprint density at radius 1 is 1.25 bits per heavy atom. The summed E-state index contributed by atoms with van der Waals surface area (Å²) in [5.74, 6) is 0.448. The van der Waals surface area contributed by atoms with Crippen LogP contribution in [-0.4, -0.2) is 50.9 Å². The summed E-state index contributed by atoms with van der Waals surface area (Å²) in [5, 5.41) is 2.85. The van der Waals surface area contributed by atoms with Crippen LogP contribution in [0.5, 0.6) is 0 Å². The van der Waals surface area contributed by atoms with Crippen LogP contribution in [0.15, 0.2) is 37.1 Å². The Morgan fingerprint density at radius 2 is 2.04 bits per heavy atom. The number of hydrogen-bond acceptors (Lipinski definition) is 4. The van der Waals surface area contributed by atoms with Gasteiger partial charge in [-0.2, -0.15) is 0 Å². The zero-order chi connectivity index (χ0) is 17.4. The molecule has 0 atom stereocenters. The Bertz CT molecular complexity index is 665. The average Bonchev–Trinajstić information content (AvgIpc) is 3.14. The Kier molecular flexibility index (Phi) is 6.48. The van der Waals surface area contributed by atoms with Crippen molar-refractivity contribution < 1.29 is 9.59 Å². The first-order chi connectivity index (χ1) is 11.7. The molecule has 2 aromatic rings. The van der Waals surface area contributed by atoms with Gasteiger partial charge in [0.25, 0.3) is 5.91 Å². The number of amides is 2. The molecule has 0 aliphatic carbocycles. The molecule has 24 heavy (non-hydrogen) atoms. The summed E-state index contributed by atoms with van der Waals surface area (Å²) in [7, 11) is 0. The maximum atomic E-state index is 12.4. The van der Waals surface area contributed by atoms with E-state index in [4.69, 9.17) is 0 Å². The molecule has 0 saturated heterocycles. The smallest absolute Gasteiger partial charge is 0.255 e. The van der Waals surface area contributed by atoms with Crippen molar-refractivity contribution in [1.29, 1.82) is 0 Å². The van der Waals surface area contributed by atoms with Gasteiger partial charge in [0.2, 0.25) is 5.91 Å². The highest BCUT2D eigenvalue weighted by Gasteiger charge is 2.14. The molecule has 0 radical (unpaired) electrons. The van der Waals surface area contributed by atoms with E-state index < -0.39 is 0 Å². The first-order valence-corrected chi connectivity index (χ1v) is 8.16. The number of carbonyl (C=O) groups is 2. The van der Waals surface area contributed by atoms with E-state index in [2.05, 4.69) is 15.3 Å². The predicted molar refractivity (Wildman–Crippen MR) is 90.9 cm³/mol. The molecule has 7 heteroatoms. The molecular weight excluding hydrogens is 306 g/mol. The van der Waals surface area contributed by atoms with E-state index >= 15 is 0 Å². The van der Waals surface area contributed by atoms with Crippen molar-refractivity contribution >= 4 is 11.8 Å². The second kappa shape index (κ2) is 8.81. The fourth-order valence-corrected chi connectivity index (χ4v) is 2.44. The number of pyridine rings is 1. The Hall–Kier alpha value is -2.70. The van der Waals surface area contributed by atoms with Crippen molar-refractivity contribution in [3.8, 4) is 5.82 Å². The number of nitrogens with zero attached hydrogens (tertiary/aromatic N) is 4. The molecule has 0 aliphatic heterocycles. The van der Waals surface area contributed by atoms with Gasteiger partial charge in [0.05, 0.1) is 5.56 Å². The van der Waals surface area contributed by atoms with Crippen LogP contribution in [0.3, 0.4) is 0 Å². The highest BCUT2D eigenvalue weighted by Crippen LogP contribution is 2.10. The lowest BCUT2D eigenvalue weighted by Crippen LogP contribution is -2.31. The summed E-state index contributed by atoms with van der Waals surface area (Å²) in [4.78, 5) is 34.3. The van der Waals surface area contributed by atoms with Gasteiger partial charge in [-0.3, -0.25) is 14.2 Å². The van der Waals surface area contributed by atoms with E-state index in [1.807, 2.05) is 13.8 Å². The van der Waals surface area contributed by atoms with Crippen molar-refractivity contribution in [3.05, 3.63) is 42.6 Å². The predicted octanol–water partition coefficient (Wildman–Crippen LogP) is 1.65. The van der Waals surface area contributed by atoms with Crippen molar-refractivity contribution in [1.82, 2.24) is 24.8 Å². The molecule has 2 heterocycles. The summed E-state index contributed by atoms with van der Waals surface area (Å²) in [5.41, 5.74) is 0.477. The lowest BCUT2D eigenvalue weighted by molar-refractivity contribution is -0.130. The standard InChI is InChI=1S/C17H23N5O2/c1-3-21(4-2)15(23)8-6-10-20-17(24)14-7-5-9-19-16(14)22-12-11-18-13-22/h5,7,9,11-13H,3-4,6,8,10H2,1-2H3,(H,20,24). The second-order valence-electron chi connectivity index (χ2n) is 5.27. The van der Waals surface area contributed by atoms with Crippen molar-refractivity contribution in [2.45, 2.75) is 26.7 Å². The van der Waals surface area contributed by atoms with Gasteiger partial charge in [-0.15, -0.1) is 0 Å². The lowest BCUT2D eigenvalue weighted by atomic mass is 10.2. The van der Waals surface area contributed by atoms with Crippen molar-refractivity contribution in [2.24, 2.45) is 0 Å². The molecule has 0 saturated carbocycles. The van der Waals surface area contributed by atoms with Gasteiger partial charge in [-0.1, -0.05) is 0 Å². The maximum absolute atomic E-state index is 12.4. The molecule has 0 aliphatic rings. The molecule has 0 bridgehead atoms. The molecule has 128 valence electrons. The average molecular weight is 329 g/mol. The van der Waals surface area contributed by atoms with Crippen LogP contribution < -0.4 is 5.32 Å². The Morgan fingerprint density at radius 3 is 2.71 bits per heavy atom. The maximum Gasteiger partial charge on any atom is 0.255 e. The molecule has 1 N–H and O–H groups in total. The van der Waals surface area contributed by atoms with E-state index in [-0.39, 0.29) is 11.8 Å². The van der Waals surface area contributed by atoms with Crippen LogP contribution in [-0.2, 0) is 4.79 Å². The Balaban J connectivity index is 1.89. The molecular formula is C17H23N5O2. The van der Waals surface area contributed by atoms with Crippen LogP contribution in [0.1, 0.15) is 37.0 Å². The fourth-order valence-electron chi connectivity index (χ4n) is 2.44. The number of nitrogens with one attached hydrogen (secondary N) is 1. The number of carbonyl (C=O) groups excluding carboxylic acids is 2. The number of rotatable bonds is 8. The number of aromatic nitrogens is 3. The van der Waals surface area contributed by atoms with Gasteiger partial charge in [0.15, 0.2) is 5.82 Å². The molecule has 7 nitrogen and oxygen atoms in total. The largest absolute Gasteiger partial charge is 0.352 e. The number of hydrogen-bond donors (Lipinski definition) is 1. The normalized spacial score (nSPS) is 10.4. The SMILES string of the molecule is CCN(CC)C(=O)CCCNC(=O)c1cccnc1-n1ccnc1. The zero-order valence-electron chi connectivity index (χ0n) is 14.1. The monoisotopic (exact) mass is 329 g/mol. The first kappa shape index (κ1) is 17.7. The van der Waals surface area contributed by atoms with E-state index in [0.717, 1.165) is 0 Å². The minimum atomic E-state index is -0.206. The van der Waals surface area contributed by atoms with E-state index in [1.165, 1.54) is 0 Å². The van der Waals surface area contributed by atoms with Gasteiger partial charge in [-0.25, -0.2) is 9.97 Å². The lowest BCUT2D eigenvalue weighted by Gasteiger charge is -2.18. The van der Waals surface area contributed by atoms with Crippen LogP contribution in [0.4, 0.5) is 0 Å². The van der Waals surface area contributed by atoms with E-state index in [9.17, 15) is 9.59 Å². The van der Waals surface area contributed by atoms with Gasteiger partial charge in [0, 0.05) is 44.6 Å². The third-order valence-electron chi connectivity index (χ3n) is 3.75. The summed E-state index contributed by atoms with van der Waals surface area (Å²) >= 11 is 0. The molecule has 2 aromatic heterocycles. The van der Waals surface area contributed by atoms with Crippen LogP contribution in [0.2, 0.25) is 0 Å². The molecule has 2 rings (SSSR count). The molecule has 0 spiro atoms. The molecule has 0 unspecified atom stereocenters. The quantitative estimate of drug-likeness (QED) is 0.747. The molecule has 0 fully saturated rings. The second-order valence-corrected chi connectivity index (χ2v) is 5.27. The van der Waals surface area contributed by atoms with Crippen molar-refractivity contribution in [2.75, 3.05) is 19.6 Å². The van der Waals surface area contributed by atoms with Crippen LogP contribution in [0.25, 0.3) is 5.82 Å². The van der Waals surface area contributed by atoms with Gasteiger partial charge in [-0.05, 0) is 32.4 Å². The molecule has 2 amide bonds. The third kappa shape index (κ3) is 4.41. The topological polar surface area (TPSA) is 80.1 Å². The summed E-state index contributed by atoms with van der Waals surface area (Å²) in [6.07, 6.45) is 7.65.